The van der Waals surface area contributed by atoms with Crippen LogP contribution in [0.15, 0.2) is 12.7 Å². The van der Waals surface area contributed by atoms with Gasteiger partial charge in [0.25, 0.3) is 7.82 Å². The van der Waals surface area contributed by atoms with Gasteiger partial charge < -0.3 is 53.7 Å². The number of nitrogens with two attached hydrogens (primary N) is 1. The van der Waals surface area contributed by atoms with Crippen molar-refractivity contribution in [1.29, 1.82) is 5.16 Å². The molecule has 35 heavy (non-hydrogen) atoms. The zero-order chi connectivity index (χ0) is 23.2. The maximum absolute atomic E-state index is 11.7. The Morgan fingerprint density at radius 3 is 2.23 bits per heavy atom. The summed E-state index contributed by atoms with van der Waals surface area (Å²) in [6.07, 6.45) is -3.84. The van der Waals surface area contributed by atoms with Gasteiger partial charge in [0.1, 0.15) is 37.9 Å². The van der Waals surface area contributed by atoms with Crippen molar-refractivity contribution < 1.29 is 132 Å². The number of phosphoric acid groups is 2. The Morgan fingerprint density at radius 1 is 1.06 bits per heavy atom. The molecule has 6 atom stereocenters. The largest absolute Gasteiger partial charge is 1.00 e. The first kappa shape index (κ1) is 38.2. The molecule has 0 radical (unpaired) electrons. The monoisotopic (exact) mass is 530 g/mol. The molecule has 0 aromatic carbocycles. The summed E-state index contributed by atoms with van der Waals surface area (Å²) in [5.74, 6) is 0.0314. The van der Waals surface area contributed by atoms with Gasteiger partial charge in [0.2, 0.25) is 0 Å². The molecule has 25 heteroatoms. The van der Waals surface area contributed by atoms with Crippen molar-refractivity contribution in [2.45, 2.75) is 24.5 Å². The molecule has 1 saturated heterocycles. The number of imidazole rings is 1. The van der Waals surface area contributed by atoms with Gasteiger partial charge in [-0.3, -0.25) is 18.6 Å². The summed E-state index contributed by atoms with van der Waals surface area (Å²) in [4.78, 5) is 55.4. The molecule has 1 aliphatic rings. The van der Waals surface area contributed by atoms with Crippen molar-refractivity contribution in [2.24, 2.45) is 0 Å². The van der Waals surface area contributed by atoms with Crippen LogP contribution in [0.4, 0.5) is 5.82 Å². The number of hydrogen-bond donors (Lipinski definition) is 4. The number of aliphatic hydroxyl groups is 2. The Morgan fingerprint density at radius 2 is 1.66 bits per heavy atom. The summed E-state index contributed by atoms with van der Waals surface area (Å²) in [5.41, 5.74) is 5.96. The van der Waals surface area contributed by atoms with E-state index in [2.05, 4.69) is 28.1 Å². The molecule has 0 aliphatic carbocycles. The van der Waals surface area contributed by atoms with E-state index < -0.39 is 54.5 Å². The minimum Gasteiger partial charge on any atom is -0.790 e. The van der Waals surface area contributed by atoms with Crippen LogP contribution in [0.3, 0.4) is 0 Å². The third-order valence-electron chi connectivity index (χ3n) is 3.81. The molecule has 2 aromatic rings. The Kier molecular flexibility index (Phi) is 15.7. The summed E-state index contributed by atoms with van der Waals surface area (Å²) >= 11 is 0. The fourth-order valence-electron chi connectivity index (χ4n) is 2.62. The first-order valence-electron chi connectivity index (χ1n) is 7.89. The van der Waals surface area contributed by atoms with Gasteiger partial charge in [-0.2, -0.15) is 0 Å². The van der Waals surface area contributed by atoms with E-state index in [1.165, 1.54) is 10.9 Å². The second kappa shape index (κ2) is 14.4. The number of aromatic nitrogens is 4. The van der Waals surface area contributed by atoms with Gasteiger partial charge in [0, 0.05) is 0 Å². The number of nitrogens with one attached hydrogen (secondary N) is 1. The van der Waals surface area contributed by atoms with E-state index in [9.17, 15) is 38.9 Å². The molecule has 0 bridgehead atoms. The molecular weight excluding hydrogens is 517 g/mol. The van der Waals surface area contributed by atoms with Crippen molar-refractivity contribution in [3.05, 3.63) is 12.7 Å². The molecule has 2 unspecified atom stereocenters. The summed E-state index contributed by atoms with van der Waals surface area (Å²) in [5, 5.41) is 27.2. The zero-order valence-electron chi connectivity index (χ0n) is 18.9. The first-order chi connectivity index (χ1) is 14.2. The molecule has 18 nitrogen and oxygen atoms in total. The molecule has 0 saturated carbocycles. The van der Waals surface area contributed by atoms with Crippen molar-refractivity contribution >= 4 is 40.4 Å². The number of nitrogen functional groups attached to an aromatic ring is 1. The molecule has 1 aliphatic heterocycles. The standard InChI is InChI=1S/C10H16N6O12P3.4Li/c11-8-5-9(14-2-13-8)16(3-15-5)10-7(18)6(17)4(26-10)1-25-31(23,24)28-29(12,19)27-30(20,21)22;;;;/h2-4,6-7,10,17-18H,1H2,(H6-,11,12,13,14,19,20,21,22,23,24);;;;/q-1;4*+1/p-3/t4-,6-,7-,10-,29?;;;;/m1..../s1. The average Bonchev–Trinajstić information content (AvgIpc) is 3.13. The fourth-order valence-corrected chi connectivity index (χ4v) is 5.63. The quantitative estimate of drug-likeness (QED) is 0.182. The summed E-state index contributed by atoms with van der Waals surface area (Å²) in [6, 6.07) is 0. The maximum Gasteiger partial charge on any atom is 1.00 e. The van der Waals surface area contributed by atoms with Gasteiger partial charge in [-0.25, -0.2) is 15.0 Å². The van der Waals surface area contributed by atoms with Crippen LogP contribution in [0.5, 0.6) is 0 Å². The number of hydrogen-bond acceptors (Lipinski definition) is 17. The van der Waals surface area contributed by atoms with Crippen molar-refractivity contribution in [1.82, 2.24) is 19.5 Å². The van der Waals surface area contributed by atoms with Crippen LogP contribution in [-0.2, 0) is 27.0 Å². The van der Waals surface area contributed by atoms with Gasteiger partial charge in [-0.1, -0.05) is 0 Å². The molecule has 2 aromatic heterocycles. The van der Waals surface area contributed by atoms with E-state index in [1.54, 1.807) is 0 Å². The minimum absolute atomic E-state index is 0. The Balaban J connectivity index is 0. The van der Waals surface area contributed by atoms with Crippen LogP contribution >= 0.6 is 23.4 Å². The molecule has 0 amide bonds. The van der Waals surface area contributed by atoms with Gasteiger partial charge in [-0.05, 0) is 0 Å². The molecule has 1 fully saturated rings. The van der Waals surface area contributed by atoms with E-state index in [4.69, 9.17) is 15.6 Å². The first-order valence-corrected chi connectivity index (χ1v) is 12.4. The third kappa shape index (κ3) is 9.93. The van der Waals surface area contributed by atoms with Crippen molar-refractivity contribution in [3.8, 4) is 0 Å². The number of anilines is 1. The van der Waals surface area contributed by atoms with Crippen LogP contribution in [0, 0.1) is 5.16 Å². The Hall–Kier alpha value is 1.03. The Bertz CT molecular complexity index is 1120. The summed E-state index contributed by atoms with van der Waals surface area (Å²) in [7, 11) is -17.3. The molecule has 3 heterocycles. The maximum atomic E-state index is 11.7. The van der Waals surface area contributed by atoms with Gasteiger partial charge in [0.15, 0.2) is 17.7 Å². The van der Waals surface area contributed by atoms with Crippen molar-refractivity contribution in [3.63, 3.8) is 0 Å². The van der Waals surface area contributed by atoms with E-state index in [-0.39, 0.29) is 92.4 Å². The SMILES string of the molecule is N=P([O-])(OP(=O)([O-])[O-])OP(=O)([O-])OC[C@H]1O[C@@H](n2cnc3c(N)ncnc32)[C@H](O)[C@@H]1O.[Li+].[Li+].[Li+].[Li+]. The second-order valence-electron chi connectivity index (χ2n) is 5.98. The van der Waals surface area contributed by atoms with Gasteiger partial charge in [0.05, 0.1) is 20.8 Å². The summed E-state index contributed by atoms with van der Waals surface area (Å²) < 4.78 is 39.8. The molecule has 3 rings (SSSR count). The minimum atomic E-state index is -6.01. The number of aliphatic hydroxyl groups excluding tert-OH is 2. The third-order valence-corrected chi connectivity index (χ3v) is 7.60. The number of nitrogens with zero attached hydrogens (tertiary/aromatic N) is 4. The second-order valence-corrected chi connectivity index (χ2v) is 10.3. The predicted octanol–water partition coefficient (Wildman–Crippen LogP) is -15.7. The molecular formula is C10H13Li4N6O12P3. The number of phosphoric ester groups is 1. The average molecular weight is 530 g/mol. The summed E-state index contributed by atoms with van der Waals surface area (Å²) in [6.45, 7) is -1.02. The number of fused-ring (bicyclic) bond motifs is 1. The van der Waals surface area contributed by atoms with Crippen LogP contribution in [-0.4, -0.2) is 54.7 Å². The molecule has 0 spiro atoms. The zero-order valence-corrected chi connectivity index (χ0v) is 21.5. The van der Waals surface area contributed by atoms with Crippen LogP contribution in [0.25, 0.3) is 11.2 Å². The van der Waals surface area contributed by atoms with Crippen LogP contribution in [0.1, 0.15) is 6.23 Å². The number of ether oxygens (including phenoxy) is 1. The van der Waals surface area contributed by atoms with Crippen molar-refractivity contribution in [2.75, 3.05) is 12.3 Å². The topological polar surface area (TPSA) is 297 Å². The van der Waals surface area contributed by atoms with E-state index in [0.29, 0.717) is 0 Å². The molecule has 174 valence electrons. The van der Waals surface area contributed by atoms with Gasteiger partial charge in [-0.15, -0.1) is 0 Å². The predicted molar refractivity (Wildman–Crippen MR) is 88.6 cm³/mol. The van der Waals surface area contributed by atoms with E-state index in [1.807, 2.05) is 0 Å². The smallest absolute Gasteiger partial charge is 0.790 e. The normalized spacial score (nSPS) is 25.2. The van der Waals surface area contributed by atoms with Gasteiger partial charge >= 0.3 is 75.4 Å². The fraction of sp³-hybridized carbons (Fsp3) is 0.500. The molecule has 5 N–H and O–H groups in total. The Labute approximate surface area is 245 Å². The van der Waals surface area contributed by atoms with E-state index >= 15 is 0 Å². The van der Waals surface area contributed by atoms with Crippen LogP contribution < -0.4 is 101 Å². The number of rotatable bonds is 8. The van der Waals surface area contributed by atoms with E-state index in [0.717, 1.165) is 6.33 Å². The van der Waals surface area contributed by atoms with Crippen LogP contribution in [0.2, 0.25) is 0 Å².